The van der Waals surface area contributed by atoms with E-state index in [1.54, 1.807) is 12.1 Å². The Morgan fingerprint density at radius 3 is 2.76 bits per heavy atom. The van der Waals surface area contributed by atoms with E-state index in [2.05, 4.69) is 46.8 Å². The second-order valence-corrected chi connectivity index (χ2v) is 6.44. The molecule has 0 saturated heterocycles. The average Bonchev–Trinajstić information content (AvgIpc) is 3.05. The molecule has 0 aliphatic carbocycles. The molecule has 4 rings (SSSR count). The number of hydrogen-bond acceptors (Lipinski definition) is 4. The third kappa shape index (κ3) is 2.68. The summed E-state index contributed by atoms with van der Waals surface area (Å²) in [5.41, 5.74) is 4.52. The summed E-state index contributed by atoms with van der Waals surface area (Å²) in [6, 6.07) is 10.2. The minimum absolute atomic E-state index is 0.337. The van der Waals surface area contributed by atoms with E-state index < -0.39 is 11.9 Å². The van der Waals surface area contributed by atoms with E-state index in [1.165, 1.54) is 21.9 Å². The lowest BCUT2D eigenvalue weighted by atomic mass is 9.99. The zero-order chi connectivity index (χ0) is 17.6. The standard InChI is InChI=1S/C18H15ClFN5/c1-10-6-7-12(8-11(10)2)15-9-16(25-18(21-15)22-23-24-25)17-13(19)4-3-5-14(17)20/h3-9,16H,1-2H3,(H,21,22,24)/t16-/m1/s1. The number of aryl methyl sites for hydroxylation is 2. The molecule has 1 aromatic heterocycles. The van der Waals surface area contributed by atoms with Crippen LogP contribution in [-0.4, -0.2) is 20.2 Å². The van der Waals surface area contributed by atoms with Crippen LogP contribution in [0.25, 0.3) is 5.70 Å². The summed E-state index contributed by atoms with van der Waals surface area (Å²) < 4.78 is 16.0. The maximum Gasteiger partial charge on any atom is 0.248 e. The molecule has 2 aromatic carbocycles. The van der Waals surface area contributed by atoms with Gasteiger partial charge < -0.3 is 5.32 Å². The molecular weight excluding hydrogens is 341 g/mol. The van der Waals surface area contributed by atoms with Crippen LogP contribution >= 0.6 is 11.6 Å². The molecule has 5 nitrogen and oxygen atoms in total. The highest BCUT2D eigenvalue weighted by Gasteiger charge is 2.28. The van der Waals surface area contributed by atoms with Crippen molar-refractivity contribution in [3.8, 4) is 0 Å². The van der Waals surface area contributed by atoms with Crippen molar-refractivity contribution in [1.29, 1.82) is 0 Å². The van der Waals surface area contributed by atoms with Crippen LogP contribution in [-0.2, 0) is 0 Å². The van der Waals surface area contributed by atoms with Crippen molar-refractivity contribution in [1.82, 2.24) is 20.2 Å². The van der Waals surface area contributed by atoms with Gasteiger partial charge >= 0.3 is 0 Å². The second-order valence-electron chi connectivity index (χ2n) is 6.03. The first-order chi connectivity index (χ1) is 12.0. The number of tetrazole rings is 1. The van der Waals surface area contributed by atoms with Crippen LogP contribution in [0, 0.1) is 19.7 Å². The van der Waals surface area contributed by atoms with Gasteiger partial charge in [-0.1, -0.05) is 34.9 Å². The number of fused-ring (bicyclic) bond motifs is 1. The minimum Gasteiger partial charge on any atom is -0.323 e. The fourth-order valence-corrected chi connectivity index (χ4v) is 3.20. The Labute approximate surface area is 149 Å². The average molecular weight is 356 g/mol. The second kappa shape index (κ2) is 5.97. The zero-order valence-electron chi connectivity index (χ0n) is 13.7. The van der Waals surface area contributed by atoms with Gasteiger partial charge in [-0.25, -0.2) is 4.39 Å². The molecule has 0 radical (unpaired) electrons. The monoisotopic (exact) mass is 355 g/mol. The van der Waals surface area contributed by atoms with E-state index in [9.17, 15) is 4.39 Å². The van der Waals surface area contributed by atoms with Gasteiger partial charge in [-0.15, -0.1) is 0 Å². The molecule has 7 heteroatoms. The molecule has 25 heavy (non-hydrogen) atoms. The number of anilines is 1. The highest BCUT2D eigenvalue weighted by atomic mass is 35.5. The van der Waals surface area contributed by atoms with Gasteiger partial charge in [0.25, 0.3) is 0 Å². The molecule has 1 atom stereocenters. The van der Waals surface area contributed by atoms with Gasteiger partial charge in [-0.05, 0) is 65.2 Å². The van der Waals surface area contributed by atoms with Gasteiger partial charge in [0.15, 0.2) is 0 Å². The Bertz CT molecular complexity index is 975. The van der Waals surface area contributed by atoms with Crippen LogP contribution in [0.3, 0.4) is 0 Å². The minimum atomic E-state index is -0.531. The lowest BCUT2D eigenvalue weighted by Crippen LogP contribution is -2.21. The predicted octanol–water partition coefficient (Wildman–Crippen LogP) is 4.14. The highest BCUT2D eigenvalue weighted by Crippen LogP contribution is 2.36. The first-order valence-corrected chi connectivity index (χ1v) is 8.20. The molecular formula is C18H15ClFN5. The first-order valence-electron chi connectivity index (χ1n) is 7.83. The number of aromatic nitrogens is 4. The zero-order valence-corrected chi connectivity index (χ0v) is 14.4. The molecule has 0 bridgehead atoms. The van der Waals surface area contributed by atoms with Gasteiger partial charge in [0.05, 0.1) is 0 Å². The van der Waals surface area contributed by atoms with Crippen LogP contribution < -0.4 is 5.32 Å². The summed E-state index contributed by atoms with van der Waals surface area (Å²) in [6.07, 6.45) is 1.89. The summed E-state index contributed by atoms with van der Waals surface area (Å²) in [4.78, 5) is 0. The van der Waals surface area contributed by atoms with Crippen LogP contribution in [0.2, 0.25) is 5.02 Å². The van der Waals surface area contributed by atoms with E-state index in [0.29, 0.717) is 16.5 Å². The third-order valence-corrected chi connectivity index (χ3v) is 4.77. The van der Waals surface area contributed by atoms with Crippen molar-refractivity contribution in [2.24, 2.45) is 0 Å². The molecule has 1 aliphatic rings. The summed E-state index contributed by atoms with van der Waals surface area (Å²) in [5, 5.41) is 15.2. The van der Waals surface area contributed by atoms with Gasteiger partial charge in [0.1, 0.15) is 11.9 Å². The summed E-state index contributed by atoms with van der Waals surface area (Å²) in [5.74, 6) is 0.0524. The number of allylic oxidation sites excluding steroid dienone is 1. The number of nitrogens with zero attached hydrogens (tertiary/aromatic N) is 4. The van der Waals surface area contributed by atoms with Gasteiger partial charge in [-0.3, -0.25) is 0 Å². The molecule has 1 aliphatic heterocycles. The number of rotatable bonds is 2. The first kappa shape index (κ1) is 15.8. The highest BCUT2D eigenvalue weighted by molar-refractivity contribution is 6.31. The fraction of sp³-hybridized carbons (Fsp3) is 0.167. The molecule has 2 heterocycles. The topological polar surface area (TPSA) is 55.6 Å². The largest absolute Gasteiger partial charge is 0.323 e. The van der Waals surface area contributed by atoms with E-state index in [0.717, 1.165) is 11.3 Å². The molecule has 126 valence electrons. The molecule has 0 saturated carbocycles. The number of benzene rings is 2. The SMILES string of the molecule is Cc1ccc(C2=C[C@H](c3c(F)cccc3Cl)n3nnnc3N2)cc1C. The van der Waals surface area contributed by atoms with Gasteiger partial charge in [0, 0.05) is 16.3 Å². The quantitative estimate of drug-likeness (QED) is 0.750. The Balaban J connectivity index is 1.88. The Morgan fingerprint density at radius 2 is 2.00 bits per heavy atom. The summed E-state index contributed by atoms with van der Waals surface area (Å²) >= 11 is 6.26. The molecule has 0 unspecified atom stereocenters. The maximum atomic E-state index is 14.5. The number of halogens is 2. The molecule has 1 N–H and O–H groups in total. The summed E-state index contributed by atoms with van der Waals surface area (Å²) in [7, 11) is 0. The molecule has 0 fully saturated rings. The van der Waals surface area contributed by atoms with E-state index in [1.807, 2.05) is 12.1 Å². The van der Waals surface area contributed by atoms with Crippen molar-refractivity contribution in [3.63, 3.8) is 0 Å². The van der Waals surface area contributed by atoms with Crippen LogP contribution in [0.5, 0.6) is 0 Å². The normalized spacial score (nSPS) is 16.2. The van der Waals surface area contributed by atoms with E-state index in [-0.39, 0.29) is 0 Å². The van der Waals surface area contributed by atoms with E-state index in [4.69, 9.17) is 11.6 Å². The van der Waals surface area contributed by atoms with Crippen molar-refractivity contribution in [2.75, 3.05) is 5.32 Å². The predicted molar refractivity (Wildman–Crippen MR) is 94.9 cm³/mol. The smallest absolute Gasteiger partial charge is 0.248 e. The van der Waals surface area contributed by atoms with Crippen LogP contribution in [0.1, 0.15) is 28.3 Å². The summed E-state index contributed by atoms with van der Waals surface area (Å²) in [6.45, 7) is 4.11. The fourth-order valence-electron chi connectivity index (χ4n) is 2.93. The van der Waals surface area contributed by atoms with Gasteiger partial charge in [-0.2, -0.15) is 4.68 Å². The van der Waals surface area contributed by atoms with Gasteiger partial charge in [0.2, 0.25) is 5.95 Å². The van der Waals surface area contributed by atoms with Crippen LogP contribution in [0.4, 0.5) is 10.3 Å². The lowest BCUT2D eigenvalue weighted by Gasteiger charge is -2.24. The maximum absolute atomic E-state index is 14.5. The lowest BCUT2D eigenvalue weighted by molar-refractivity contribution is 0.540. The third-order valence-electron chi connectivity index (χ3n) is 4.44. The van der Waals surface area contributed by atoms with Crippen molar-refractivity contribution < 1.29 is 4.39 Å². The van der Waals surface area contributed by atoms with Crippen molar-refractivity contribution in [3.05, 3.63) is 75.6 Å². The molecule has 0 amide bonds. The Morgan fingerprint density at radius 1 is 1.16 bits per heavy atom. The number of nitrogens with one attached hydrogen (secondary N) is 1. The molecule has 0 spiro atoms. The van der Waals surface area contributed by atoms with Crippen molar-refractivity contribution >= 4 is 23.2 Å². The van der Waals surface area contributed by atoms with Crippen molar-refractivity contribution in [2.45, 2.75) is 19.9 Å². The molecule has 3 aromatic rings. The Hall–Kier alpha value is -2.73. The Kier molecular flexibility index (Phi) is 3.77. The van der Waals surface area contributed by atoms with Crippen LogP contribution in [0.15, 0.2) is 42.5 Å². The number of hydrogen-bond donors (Lipinski definition) is 1. The van der Waals surface area contributed by atoms with E-state index >= 15 is 0 Å².